The standard InChI is InChI=1S/C8H9NO2/c10-5-8-7(4-9-11-8)6-2-1-3-6/h4-6H,1-3H2. The number of aldehydes is 1. The third-order valence-corrected chi connectivity index (χ3v) is 2.28. The maximum Gasteiger partial charge on any atom is 0.202 e. The Balaban J connectivity index is 2.27. The quantitative estimate of drug-likeness (QED) is 0.605. The van der Waals surface area contributed by atoms with Crippen molar-refractivity contribution in [3.05, 3.63) is 17.5 Å². The van der Waals surface area contributed by atoms with Crippen molar-refractivity contribution in [3.8, 4) is 0 Å². The van der Waals surface area contributed by atoms with E-state index in [1.165, 1.54) is 19.3 Å². The van der Waals surface area contributed by atoms with Crippen molar-refractivity contribution < 1.29 is 9.32 Å². The molecule has 0 aliphatic heterocycles. The Morgan fingerprint density at radius 1 is 1.64 bits per heavy atom. The van der Waals surface area contributed by atoms with Gasteiger partial charge in [0.05, 0.1) is 6.20 Å². The van der Waals surface area contributed by atoms with Crippen LogP contribution in [0.1, 0.15) is 41.3 Å². The number of hydrogen-bond donors (Lipinski definition) is 0. The molecule has 0 aromatic carbocycles. The number of nitrogens with zero attached hydrogens (tertiary/aromatic N) is 1. The summed E-state index contributed by atoms with van der Waals surface area (Å²) in [5.74, 6) is 0.941. The molecule has 0 atom stereocenters. The van der Waals surface area contributed by atoms with Crippen LogP contribution in [-0.4, -0.2) is 11.4 Å². The number of rotatable bonds is 2. The van der Waals surface area contributed by atoms with Crippen molar-refractivity contribution in [1.82, 2.24) is 5.16 Å². The predicted octanol–water partition coefficient (Wildman–Crippen LogP) is 1.75. The second-order valence-electron chi connectivity index (χ2n) is 2.89. The monoisotopic (exact) mass is 151 g/mol. The van der Waals surface area contributed by atoms with Crippen LogP contribution in [0.5, 0.6) is 0 Å². The van der Waals surface area contributed by atoms with Crippen LogP contribution in [0.4, 0.5) is 0 Å². The van der Waals surface area contributed by atoms with Crippen LogP contribution in [-0.2, 0) is 0 Å². The Hall–Kier alpha value is -1.12. The lowest BCUT2D eigenvalue weighted by Gasteiger charge is -2.23. The van der Waals surface area contributed by atoms with Gasteiger partial charge in [0.15, 0.2) is 6.29 Å². The van der Waals surface area contributed by atoms with E-state index in [9.17, 15) is 4.79 Å². The lowest BCUT2D eigenvalue weighted by molar-refractivity contribution is 0.109. The Labute approximate surface area is 64.4 Å². The molecular formula is C8H9NO2. The van der Waals surface area contributed by atoms with Gasteiger partial charge in [0.25, 0.3) is 0 Å². The highest BCUT2D eigenvalue weighted by molar-refractivity contribution is 5.72. The van der Waals surface area contributed by atoms with Crippen LogP contribution in [0.25, 0.3) is 0 Å². The maximum absolute atomic E-state index is 10.4. The average Bonchev–Trinajstić information content (AvgIpc) is 2.32. The van der Waals surface area contributed by atoms with Gasteiger partial charge in [-0.2, -0.15) is 0 Å². The van der Waals surface area contributed by atoms with E-state index in [4.69, 9.17) is 4.52 Å². The fourth-order valence-corrected chi connectivity index (χ4v) is 1.37. The first kappa shape index (κ1) is 6.58. The molecule has 1 fully saturated rings. The topological polar surface area (TPSA) is 43.1 Å². The van der Waals surface area contributed by atoms with E-state index in [1.54, 1.807) is 6.20 Å². The van der Waals surface area contributed by atoms with Crippen molar-refractivity contribution in [3.63, 3.8) is 0 Å². The molecular weight excluding hydrogens is 142 g/mol. The van der Waals surface area contributed by atoms with Gasteiger partial charge in [-0.1, -0.05) is 11.6 Å². The fourth-order valence-electron chi connectivity index (χ4n) is 1.37. The van der Waals surface area contributed by atoms with Gasteiger partial charge in [0, 0.05) is 5.56 Å². The first-order chi connectivity index (χ1) is 5.42. The Morgan fingerprint density at radius 2 is 2.45 bits per heavy atom. The van der Waals surface area contributed by atoms with Crippen molar-refractivity contribution in [2.75, 3.05) is 0 Å². The zero-order valence-electron chi connectivity index (χ0n) is 6.12. The number of carbonyl (C=O) groups excluding carboxylic acids is 1. The minimum absolute atomic E-state index is 0.412. The number of aromatic nitrogens is 1. The van der Waals surface area contributed by atoms with Crippen LogP contribution in [0.3, 0.4) is 0 Å². The summed E-state index contributed by atoms with van der Waals surface area (Å²) in [6.45, 7) is 0. The Morgan fingerprint density at radius 3 is 3.00 bits per heavy atom. The number of carbonyl (C=O) groups is 1. The normalized spacial score (nSPS) is 17.8. The van der Waals surface area contributed by atoms with Gasteiger partial charge in [0.2, 0.25) is 5.76 Å². The Kier molecular flexibility index (Phi) is 1.49. The van der Waals surface area contributed by atoms with Crippen molar-refractivity contribution in [2.24, 2.45) is 0 Å². The summed E-state index contributed by atoms with van der Waals surface area (Å²) in [5.41, 5.74) is 0.992. The summed E-state index contributed by atoms with van der Waals surface area (Å²) in [6.07, 6.45) is 5.99. The molecule has 3 heteroatoms. The van der Waals surface area contributed by atoms with Crippen LogP contribution in [0.15, 0.2) is 10.7 Å². The van der Waals surface area contributed by atoms with E-state index in [2.05, 4.69) is 5.16 Å². The summed E-state index contributed by atoms with van der Waals surface area (Å²) in [5, 5.41) is 3.59. The molecule has 0 saturated heterocycles. The highest BCUT2D eigenvalue weighted by Crippen LogP contribution is 2.37. The van der Waals surface area contributed by atoms with Gasteiger partial charge >= 0.3 is 0 Å². The van der Waals surface area contributed by atoms with Gasteiger partial charge in [-0.15, -0.1) is 0 Å². The molecule has 0 spiro atoms. The summed E-state index contributed by atoms with van der Waals surface area (Å²) in [4.78, 5) is 10.4. The molecule has 0 amide bonds. The first-order valence-electron chi connectivity index (χ1n) is 3.81. The van der Waals surface area contributed by atoms with Crippen molar-refractivity contribution in [2.45, 2.75) is 25.2 Å². The van der Waals surface area contributed by atoms with E-state index in [0.717, 1.165) is 11.8 Å². The van der Waals surface area contributed by atoms with Gasteiger partial charge < -0.3 is 4.52 Å². The summed E-state index contributed by atoms with van der Waals surface area (Å²) in [6, 6.07) is 0. The second-order valence-corrected chi connectivity index (χ2v) is 2.89. The van der Waals surface area contributed by atoms with E-state index in [0.29, 0.717) is 11.7 Å². The third kappa shape index (κ3) is 0.964. The lowest BCUT2D eigenvalue weighted by Crippen LogP contribution is -2.09. The minimum Gasteiger partial charge on any atom is -0.353 e. The highest BCUT2D eigenvalue weighted by Gasteiger charge is 2.24. The number of hydrogen-bond acceptors (Lipinski definition) is 3. The molecule has 1 aliphatic carbocycles. The molecule has 1 saturated carbocycles. The van der Waals surface area contributed by atoms with Gasteiger partial charge in [-0.3, -0.25) is 4.79 Å². The fraction of sp³-hybridized carbons (Fsp3) is 0.500. The van der Waals surface area contributed by atoms with E-state index < -0.39 is 0 Å². The SMILES string of the molecule is O=Cc1oncc1C1CCC1. The molecule has 58 valence electrons. The predicted molar refractivity (Wildman–Crippen MR) is 38.5 cm³/mol. The lowest BCUT2D eigenvalue weighted by atomic mass is 9.80. The Bertz CT molecular complexity index is 263. The molecule has 0 N–H and O–H groups in total. The van der Waals surface area contributed by atoms with Gasteiger partial charge in [-0.25, -0.2) is 0 Å². The third-order valence-electron chi connectivity index (χ3n) is 2.28. The molecule has 2 rings (SSSR count). The molecule has 1 heterocycles. The zero-order chi connectivity index (χ0) is 7.68. The van der Waals surface area contributed by atoms with Crippen molar-refractivity contribution in [1.29, 1.82) is 0 Å². The molecule has 0 radical (unpaired) electrons. The highest BCUT2D eigenvalue weighted by atomic mass is 16.5. The molecule has 0 bridgehead atoms. The average molecular weight is 151 g/mol. The summed E-state index contributed by atoms with van der Waals surface area (Å²) < 4.78 is 4.75. The van der Waals surface area contributed by atoms with Crippen LogP contribution < -0.4 is 0 Å². The van der Waals surface area contributed by atoms with Gasteiger partial charge in [-0.05, 0) is 18.8 Å². The zero-order valence-corrected chi connectivity index (χ0v) is 6.12. The van der Waals surface area contributed by atoms with E-state index in [-0.39, 0.29) is 0 Å². The van der Waals surface area contributed by atoms with E-state index >= 15 is 0 Å². The van der Waals surface area contributed by atoms with Crippen molar-refractivity contribution >= 4 is 6.29 Å². The maximum atomic E-state index is 10.4. The summed E-state index contributed by atoms with van der Waals surface area (Å²) in [7, 11) is 0. The van der Waals surface area contributed by atoms with Crippen LogP contribution in [0, 0.1) is 0 Å². The van der Waals surface area contributed by atoms with Crippen LogP contribution in [0.2, 0.25) is 0 Å². The largest absolute Gasteiger partial charge is 0.353 e. The second kappa shape index (κ2) is 2.49. The first-order valence-corrected chi connectivity index (χ1v) is 3.81. The molecule has 1 aliphatic rings. The molecule has 1 aromatic heterocycles. The molecule has 0 unspecified atom stereocenters. The molecule has 11 heavy (non-hydrogen) atoms. The van der Waals surface area contributed by atoms with E-state index in [1.807, 2.05) is 0 Å². The summed E-state index contributed by atoms with van der Waals surface area (Å²) >= 11 is 0. The molecule has 1 aromatic rings. The molecule has 3 nitrogen and oxygen atoms in total. The smallest absolute Gasteiger partial charge is 0.202 e. The van der Waals surface area contributed by atoms with Gasteiger partial charge in [0.1, 0.15) is 0 Å². The van der Waals surface area contributed by atoms with Crippen LogP contribution >= 0.6 is 0 Å². The minimum atomic E-state index is 0.412.